The van der Waals surface area contributed by atoms with E-state index in [2.05, 4.69) is 4.90 Å². The lowest BCUT2D eigenvalue weighted by molar-refractivity contribution is -0.00523. The molecule has 4 nitrogen and oxygen atoms in total. The zero-order valence-electron chi connectivity index (χ0n) is 19.2. The lowest BCUT2D eigenvalue weighted by Crippen LogP contribution is -2.45. The summed E-state index contributed by atoms with van der Waals surface area (Å²) in [6.07, 6.45) is 1.57. The summed E-state index contributed by atoms with van der Waals surface area (Å²) in [5.74, 6) is -0.150. The molecule has 0 saturated carbocycles. The maximum Gasteiger partial charge on any atom is 0.159 e. The Hall–Kier alpha value is -1.92. The first-order valence-corrected chi connectivity index (χ1v) is 12.6. The summed E-state index contributed by atoms with van der Waals surface area (Å²) in [5.41, 5.74) is 3.43. The molecule has 0 amide bonds. The fraction of sp³-hybridized carbons (Fsp3) is 0.520. The molecule has 1 fully saturated rings. The summed E-state index contributed by atoms with van der Waals surface area (Å²) in [6, 6.07) is 13.1. The van der Waals surface area contributed by atoms with Crippen molar-refractivity contribution in [3.63, 3.8) is 0 Å². The van der Waals surface area contributed by atoms with Crippen LogP contribution in [0.2, 0.25) is 0 Å². The van der Waals surface area contributed by atoms with Gasteiger partial charge in [0, 0.05) is 18.8 Å². The van der Waals surface area contributed by atoms with Gasteiger partial charge in [-0.1, -0.05) is 30.3 Å². The van der Waals surface area contributed by atoms with Crippen LogP contribution in [0.5, 0.6) is 0 Å². The van der Waals surface area contributed by atoms with Gasteiger partial charge in [0.05, 0.1) is 22.7 Å². The van der Waals surface area contributed by atoms with Crippen molar-refractivity contribution < 1.29 is 17.5 Å². The Labute approximate surface area is 186 Å². The fourth-order valence-electron chi connectivity index (χ4n) is 3.84. The van der Waals surface area contributed by atoms with Crippen LogP contribution in [0.1, 0.15) is 51.3 Å². The Balaban J connectivity index is 1.61. The minimum atomic E-state index is -3.21. The molecule has 2 aromatic carbocycles. The van der Waals surface area contributed by atoms with Gasteiger partial charge in [0.2, 0.25) is 0 Å². The van der Waals surface area contributed by atoms with E-state index in [1.807, 2.05) is 50.2 Å². The van der Waals surface area contributed by atoms with Crippen LogP contribution in [-0.4, -0.2) is 38.5 Å². The second kappa shape index (κ2) is 9.29. The lowest BCUT2D eigenvalue weighted by atomic mass is 10.0. The molecule has 31 heavy (non-hydrogen) atoms. The Morgan fingerprint density at radius 1 is 0.968 bits per heavy atom. The van der Waals surface area contributed by atoms with Crippen LogP contribution in [-0.2, 0) is 33.2 Å². The van der Waals surface area contributed by atoms with Crippen LogP contribution in [0.3, 0.4) is 0 Å². The maximum absolute atomic E-state index is 14.7. The van der Waals surface area contributed by atoms with E-state index in [-0.39, 0.29) is 23.8 Å². The van der Waals surface area contributed by atoms with Gasteiger partial charge in [0.15, 0.2) is 9.84 Å². The van der Waals surface area contributed by atoms with Gasteiger partial charge >= 0.3 is 0 Å². The molecule has 0 bridgehead atoms. The minimum Gasteiger partial charge on any atom is -0.372 e. The molecule has 0 aliphatic carbocycles. The van der Waals surface area contributed by atoms with Gasteiger partial charge in [-0.15, -0.1) is 0 Å². The van der Waals surface area contributed by atoms with E-state index < -0.39 is 14.6 Å². The Bertz CT molecular complexity index is 986. The summed E-state index contributed by atoms with van der Waals surface area (Å²) in [5, 5.41) is 0. The number of hydrogen-bond acceptors (Lipinski definition) is 4. The van der Waals surface area contributed by atoms with Crippen molar-refractivity contribution in [1.82, 2.24) is 0 Å². The molecule has 2 aromatic rings. The molecule has 1 aliphatic heterocycles. The topological polar surface area (TPSA) is 46.6 Å². The molecular formula is C25H34FNO3S. The number of rotatable bonds is 6. The second-order valence-electron chi connectivity index (χ2n) is 9.63. The molecule has 1 saturated heterocycles. The van der Waals surface area contributed by atoms with Gasteiger partial charge in [-0.3, -0.25) is 0 Å². The van der Waals surface area contributed by atoms with Crippen LogP contribution in [0, 0.1) is 5.82 Å². The third kappa shape index (κ3) is 6.07. The van der Waals surface area contributed by atoms with Gasteiger partial charge in [0.1, 0.15) is 5.82 Å². The van der Waals surface area contributed by atoms with E-state index in [9.17, 15) is 12.8 Å². The van der Waals surface area contributed by atoms with E-state index in [1.54, 1.807) is 26.8 Å². The van der Waals surface area contributed by atoms with Gasteiger partial charge in [-0.25, -0.2) is 12.8 Å². The first-order valence-electron chi connectivity index (χ1n) is 10.9. The quantitative estimate of drug-likeness (QED) is 0.629. The lowest BCUT2D eigenvalue weighted by Gasteiger charge is -2.37. The summed E-state index contributed by atoms with van der Waals surface area (Å²) in [7, 11) is -3.21. The van der Waals surface area contributed by atoms with E-state index >= 15 is 0 Å². The van der Waals surface area contributed by atoms with E-state index in [4.69, 9.17) is 4.74 Å². The number of ether oxygens (including phenoxy) is 1. The molecule has 1 heterocycles. The third-order valence-electron chi connectivity index (χ3n) is 5.82. The number of sulfone groups is 1. The Morgan fingerprint density at radius 2 is 1.55 bits per heavy atom. The summed E-state index contributed by atoms with van der Waals surface area (Å²) in [4.78, 5) is 2.18. The molecule has 0 radical (unpaired) electrons. The Morgan fingerprint density at radius 3 is 2.10 bits per heavy atom. The van der Waals surface area contributed by atoms with Gasteiger partial charge in [-0.05, 0) is 76.3 Å². The largest absolute Gasteiger partial charge is 0.372 e. The average Bonchev–Trinajstić information content (AvgIpc) is 2.66. The Kier molecular flexibility index (Phi) is 7.11. The van der Waals surface area contributed by atoms with Gasteiger partial charge < -0.3 is 9.64 Å². The molecule has 6 heteroatoms. The zero-order chi connectivity index (χ0) is 22.8. The highest BCUT2D eigenvalue weighted by molar-refractivity contribution is 7.91. The van der Waals surface area contributed by atoms with Crippen molar-refractivity contribution in [2.45, 2.75) is 70.2 Å². The highest BCUT2D eigenvalue weighted by Crippen LogP contribution is 2.24. The highest BCUT2D eigenvalue weighted by atomic mass is 32.2. The second-order valence-corrected chi connectivity index (χ2v) is 12.4. The van der Waals surface area contributed by atoms with Crippen molar-refractivity contribution in [1.29, 1.82) is 0 Å². The number of hydrogen-bond donors (Lipinski definition) is 0. The summed E-state index contributed by atoms with van der Waals surface area (Å²) >= 11 is 0. The monoisotopic (exact) mass is 447 g/mol. The van der Waals surface area contributed by atoms with Crippen LogP contribution in [0.15, 0.2) is 42.5 Å². The molecule has 0 N–H and O–H groups in total. The predicted molar refractivity (Wildman–Crippen MR) is 125 cm³/mol. The number of halogens is 1. The minimum absolute atomic E-state index is 0.0334. The average molecular weight is 448 g/mol. The smallest absolute Gasteiger partial charge is 0.159 e. The van der Waals surface area contributed by atoms with E-state index in [0.717, 1.165) is 29.9 Å². The molecule has 0 unspecified atom stereocenters. The predicted octanol–water partition coefficient (Wildman–Crippen LogP) is 4.94. The highest BCUT2D eigenvalue weighted by Gasteiger charge is 2.29. The first kappa shape index (κ1) is 23.7. The van der Waals surface area contributed by atoms with Crippen molar-refractivity contribution in [2.24, 2.45) is 0 Å². The van der Waals surface area contributed by atoms with Gasteiger partial charge in [0.25, 0.3) is 0 Å². The number of anilines is 1. The van der Waals surface area contributed by atoms with Crippen LogP contribution in [0.25, 0.3) is 0 Å². The number of aryl methyl sites for hydroxylation is 2. The SMILES string of the molecule is C[C@@H]1CN(c2ccc(CCc3ccc(CS(=O)(=O)C(C)(C)C)cc3)c(F)c2)C[C@H](C)O1. The van der Waals surface area contributed by atoms with Crippen molar-refractivity contribution in [3.8, 4) is 0 Å². The molecule has 1 aliphatic rings. The van der Waals surface area contributed by atoms with Crippen LogP contribution < -0.4 is 4.90 Å². The number of morpholine rings is 1. The summed E-state index contributed by atoms with van der Waals surface area (Å²) < 4.78 is 44.5. The molecule has 3 rings (SSSR count). The van der Waals surface area contributed by atoms with Crippen molar-refractivity contribution >= 4 is 15.5 Å². The van der Waals surface area contributed by atoms with Crippen LogP contribution in [0.4, 0.5) is 10.1 Å². The molecule has 0 aromatic heterocycles. The standard InChI is InChI=1S/C25H34FNO3S/c1-18-15-27(16-19(2)30-18)23-13-12-22(24(26)14-23)11-10-20-6-8-21(9-7-20)17-31(28,29)25(3,4)5/h6-9,12-14,18-19H,10-11,15-17H2,1-5H3/t18-,19+. The maximum atomic E-state index is 14.7. The number of benzene rings is 2. The number of nitrogens with zero attached hydrogens (tertiary/aromatic N) is 1. The third-order valence-corrected chi connectivity index (χ3v) is 8.40. The molecule has 0 spiro atoms. The van der Waals surface area contributed by atoms with E-state index in [1.165, 1.54) is 0 Å². The fourth-order valence-corrected chi connectivity index (χ4v) is 4.91. The van der Waals surface area contributed by atoms with Gasteiger partial charge in [-0.2, -0.15) is 0 Å². The van der Waals surface area contributed by atoms with E-state index in [0.29, 0.717) is 18.4 Å². The molecule has 2 atom stereocenters. The zero-order valence-corrected chi connectivity index (χ0v) is 20.0. The summed E-state index contributed by atoms with van der Waals surface area (Å²) in [6.45, 7) is 10.8. The normalized spacial score (nSPS) is 20.1. The molecular weight excluding hydrogens is 413 g/mol. The van der Waals surface area contributed by atoms with Crippen LogP contribution >= 0.6 is 0 Å². The first-order chi connectivity index (χ1) is 14.4. The molecule has 170 valence electrons. The van der Waals surface area contributed by atoms with Crippen molar-refractivity contribution in [2.75, 3.05) is 18.0 Å². The van der Waals surface area contributed by atoms with Crippen molar-refractivity contribution in [3.05, 3.63) is 65.0 Å².